The molecule has 0 aromatic rings. The summed E-state index contributed by atoms with van der Waals surface area (Å²) in [5, 5.41) is 0. The monoisotopic (exact) mass is 197 g/mol. The van der Waals surface area contributed by atoms with Crippen molar-refractivity contribution in [1.29, 1.82) is 0 Å². The molecule has 0 aliphatic heterocycles. The van der Waals surface area contributed by atoms with Crippen LogP contribution in [0.3, 0.4) is 0 Å². The fourth-order valence-electron chi connectivity index (χ4n) is 2.74. The first kappa shape index (κ1) is 10.4. The minimum absolute atomic E-state index is 0.499. The molecule has 0 aromatic heterocycles. The Morgan fingerprint density at radius 3 is 2.43 bits per heavy atom. The number of hydrogen-bond donors (Lipinski definition) is 1. The van der Waals surface area contributed by atoms with Gasteiger partial charge in [0.1, 0.15) is 0 Å². The Morgan fingerprint density at radius 2 is 1.86 bits per heavy atom. The SMILES string of the molecule is CC1(C)CCC(NOC2CCCC2)C1. The standard InChI is InChI=1S/C12H23NO/c1-12(2)8-7-10(9-12)13-14-11-5-3-4-6-11/h10-11,13H,3-9H2,1-2H3. The predicted octanol–water partition coefficient (Wildman–Crippen LogP) is 3.03. The maximum absolute atomic E-state index is 5.73. The molecule has 0 bridgehead atoms. The van der Waals surface area contributed by atoms with E-state index in [2.05, 4.69) is 19.3 Å². The molecule has 0 amide bonds. The highest BCUT2D eigenvalue weighted by Gasteiger charge is 2.31. The molecule has 1 atom stereocenters. The van der Waals surface area contributed by atoms with Gasteiger partial charge >= 0.3 is 0 Å². The Labute approximate surface area is 87.4 Å². The first-order valence-electron chi connectivity index (χ1n) is 6.07. The molecule has 2 fully saturated rings. The maximum atomic E-state index is 5.73. The van der Waals surface area contributed by atoms with E-state index in [1.807, 2.05) is 0 Å². The molecule has 0 spiro atoms. The molecule has 0 heterocycles. The molecule has 14 heavy (non-hydrogen) atoms. The summed E-state index contributed by atoms with van der Waals surface area (Å²) in [7, 11) is 0. The van der Waals surface area contributed by atoms with Crippen LogP contribution in [0.1, 0.15) is 58.8 Å². The van der Waals surface area contributed by atoms with Crippen LogP contribution in [0.5, 0.6) is 0 Å². The third-order valence-corrected chi connectivity index (χ3v) is 3.67. The van der Waals surface area contributed by atoms with Gasteiger partial charge in [-0.25, -0.2) is 0 Å². The van der Waals surface area contributed by atoms with E-state index in [4.69, 9.17) is 4.84 Å². The van der Waals surface area contributed by atoms with E-state index in [-0.39, 0.29) is 0 Å². The van der Waals surface area contributed by atoms with Crippen molar-refractivity contribution in [1.82, 2.24) is 5.48 Å². The molecule has 2 rings (SSSR count). The topological polar surface area (TPSA) is 21.3 Å². The van der Waals surface area contributed by atoms with Gasteiger partial charge in [-0.3, -0.25) is 4.84 Å². The van der Waals surface area contributed by atoms with Gasteiger partial charge in [-0.1, -0.05) is 26.7 Å². The van der Waals surface area contributed by atoms with Gasteiger partial charge in [-0.15, -0.1) is 0 Å². The molecule has 2 aliphatic rings. The molecule has 0 aromatic carbocycles. The summed E-state index contributed by atoms with van der Waals surface area (Å²) >= 11 is 0. The van der Waals surface area contributed by atoms with E-state index in [1.165, 1.54) is 44.9 Å². The van der Waals surface area contributed by atoms with Gasteiger partial charge in [-0.2, -0.15) is 5.48 Å². The maximum Gasteiger partial charge on any atom is 0.0790 e. The third kappa shape index (κ3) is 2.71. The summed E-state index contributed by atoms with van der Waals surface area (Å²) in [6.45, 7) is 4.70. The molecule has 1 unspecified atom stereocenters. The van der Waals surface area contributed by atoms with Crippen LogP contribution in [-0.2, 0) is 4.84 Å². The van der Waals surface area contributed by atoms with Crippen LogP contribution >= 0.6 is 0 Å². The van der Waals surface area contributed by atoms with Crippen molar-refractivity contribution in [3.05, 3.63) is 0 Å². The average molecular weight is 197 g/mol. The Bertz CT molecular complexity index is 185. The zero-order chi connectivity index (χ0) is 10.0. The summed E-state index contributed by atoms with van der Waals surface area (Å²) in [4.78, 5) is 5.73. The number of rotatable bonds is 3. The summed E-state index contributed by atoms with van der Waals surface area (Å²) in [5.41, 5.74) is 3.80. The van der Waals surface area contributed by atoms with Crippen LogP contribution < -0.4 is 5.48 Å². The fraction of sp³-hybridized carbons (Fsp3) is 1.00. The zero-order valence-corrected chi connectivity index (χ0v) is 9.51. The van der Waals surface area contributed by atoms with E-state index >= 15 is 0 Å². The molecular formula is C12H23NO. The summed E-state index contributed by atoms with van der Waals surface area (Å²) in [6, 6.07) is 0.602. The molecule has 2 nitrogen and oxygen atoms in total. The van der Waals surface area contributed by atoms with E-state index < -0.39 is 0 Å². The second-order valence-corrected chi connectivity index (χ2v) is 5.75. The first-order chi connectivity index (χ1) is 6.66. The van der Waals surface area contributed by atoms with Crippen LogP contribution in [-0.4, -0.2) is 12.1 Å². The molecule has 2 aliphatic carbocycles. The third-order valence-electron chi connectivity index (χ3n) is 3.67. The van der Waals surface area contributed by atoms with Crippen LogP contribution in [0, 0.1) is 5.41 Å². The van der Waals surface area contributed by atoms with Crippen molar-refractivity contribution >= 4 is 0 Å². The van der Waals surface area contributed by atoms with Crippen LogP contribution in [0.4, 0.5) is 0 Å². The summed E-state index contributed by atoms with van der Waals surface area (Å²) in [5.74, 6) is 0. The molecule has 2 heteroatoms. The first-order valence-corrected chi connectivity index (χ1v) is 6.07. The van der Waals surface area contributed by atoms with Crippen molar-refractivity contribution < 1.29 is 4.84 Å². The minimum Gasteiger partial charge on any atom is -0.298 e. The smallest absolute Gasteiger partial charge is 0.0790 e. The molecule has 0 radical (unpaired) electrons. The van der Waals surface area contributed by atoms with E-state index in [0.717, 1.165) is 0 Å². The fourth-order valence-corrected chi connectivity index (χ4v) is 2.74. The van der Waals surface area contributed by atoms with Crippen molar-refractivity contribution in [2.75, 3.05) is 0 Å². The Morgan fingerprint density at radius 1 is 1.14 bits per heavy atom. The van der Waals surface area contributed by atoms with Crippen molar-refractivity contribution in [3.63, 3.8) is 0 Å². The Balaban J connectivity index is 1.66. The van der Waals surface area contributed by atoms with E-state index in [9.17, 15) is 0 Å². The highest BCUT2D eigenvalue weighted by molar-refractivity contribution is 4.84. The number of hydrogen-bond acceptors (Lipinski definition) is 2. The van der Waals surface area contributed by atoms with Crippen molar-refractivity contribution in [2.24, 2.45) is 5.41 Å². The van der Waals surface area contributed by atoms with Gasteiger partial charge < -0.3 is 0 Å². The van der Waals surface area contributed by atoms with Gasteiger partial charge in [0, 0.05) is 6.04 Å². The lowest BCUT2D eigenvalue weighted by Gasteiger charge is -2.19. The quantitative estimate of drug-likeness (QED) is 0.702. The number of hydroxylamine groups is 1. The Hall–Kier alpha value is -0.0800. The molecule has 2 saturated carbocycles. The molecule has 0 saturated heterocycles. The largest absolute Gasteiger partial charge is 0.298 e. The van der Waals surface area contributed by atoms with Crippen molar-refractivity contribution in [2.45, 2.75) is 70.9 Å². The second-order valence-electron chi connectivity index (χ2n) is 5.75. The van der Waals surface area contributed by atoms with Gasteiger partial charge in [0.2, 0.25) is 0 Å². The van der Waals surface area contributed by atoms with Gasteiger partial charge in [0.05, 0.1) is 6.10 Å². The normalized spacial score (nSPS) is 32.6. The number of nitrogens with one attached hydrogen (secondary N) is 1. The molecular weight excluding hydrogens is 174 g/mol. The average Bonchev–Trinajstić information content (AvgIpc) is 2.70. The van der Waals surface area contributed by atoms with Crippen LogP contribution in [0.2, 0.25) is 0 Å². The van der Waals surface area contributed by atoms with E-state index in [1.54, 1.807) is 0 Å². The highest BCUT2D eigenvalue weighted by Crippen LogP contribution is 2.37. The minimum atomic E-state index is 0.499. The predicted molar refractivity (Wildman–Crippen MR) is 57.9 cm³/mol. The second kappa shape index (κ2) is 4.19. The molecule has 1 N–H and O–H groups in total. The Kier molecular flexibility index (Phi) is 3.13. The zero-order valence-electron chi connectivity index (χ0n) is 9.51. The molecule has 82 valence electrons. The lowest BCUT2D eigenvalue weighted by molar-refractivity contribution is -0.0403. The van der Waals surface area contributed by atoms with Crippen LogP contribution in [0.25, 0.3) is 0 Å². The van der Waals surface area contributed by atoms with Gasteiger partial charge in [-0.05, 0) is 37.5 Å². The summed E-state index contributed by atoms with van der Waals surface area (Å²) in [6.07, 6.45) is 9.58. The highest BCUT2D eigenvalue weighted by atomic mass is 16.7. The van der Waals surface area contributed by atoms with Crippen LogP contribution in [0.15, 0.2) is 0 Å². The van der Waals surface area contributed by atoms with E-state index in [0.29, 0.717) is 17.6 Å². The lowest BCUT2D eigenvalue weighted by atomic mass is 9.92. The summed E-state index contributed by atoms with van der Waals surface area (Å²) < 4.78 is 0. The van der Waals surface area contributed by atoms with Gasteiger partial charge in [0.15, 0.2) is 0 Å². The van der Waals surface area contributed by atoms with Crippen molar-refractivity contribution in [3.8, 4) is 0 Å². The van der Waals surface area contributed by atoms with Gasteiger partial charge in [0.25, 0.3) is 0 Å². The lowest BCUT2D eigenvalue weighted by Crippen LogP contribution is -2.31.